The molecule has 2 nitrogen and oxygen atoms in total. The predicted molar refractivity (Wildman–Crippen MR) is 62.2 cm³/mol. The number of benzene rings is 1. The maximum atomic E-state index is 10.9. The first kappa shape index (κ1) is 10.3. The van der Waals surface area contributed by atoms with Crippen LogP contribution in [0.15, 0.2) is 24.3 Å². The molecule has 0 spiro atoms. The molecule has 1 fully saturated rings. The van der Waals surface area contributed by atoms with E-state index in [4.69, 9.17) is 4.74 Å². The predicted octanol–water partition coefficient (Wildman–Crippen LogP) is 2.25. The monoisotopic (exact) mass is 218 g/mol. The fourth-order valence-electron chi connectivity index (χ4n) is 3.18. The Bertz CT molecular complexity index is 382. The molecule has 1 heterocycles. The van der Waals surface area contributed by atoms with Crippen LogP contribution in [0.5, 0.6) is 0 Å². The molecule has 2 unspecified atom stereocenters. The zero-order chi connectivity index (χ0) is 11.0. The summed E-state index contributed by atoms with van der Waals surface area (Å²) in [5.41, 5.74) is 1.84. The third-order valence-electron chi connectivity index (χ3n) is 4.09. The van der Waals surface area contributed by atoms with Crippen LogP contribution in [0.1, 0.15) is 30.4 Å². The first-order chi connectivity index (χ1) is 7.81. The quantitative estimate of drug-likeness (QED) is 0.783. The van der Waals surface area contributed by atoms with Gasteiger partial charge in [-0.05, 0) is 36.8 Å². The van der Waals surface area contributed by atoms with Crippen molar-refractivity contribution in [1.29, 1.82) is 0 Å². The molecule has 2 heteroatoms. The van der Waals surface area contributed by atoms with Gasteiger partial charge >= 0.3 is 0 Å². The van der Waals surface area contributed by atoms with E-state index in [0.717, 1.165) is 37.9 Å². The molecule has 16 heavy (non-hydrogen) atoms. The Balaban J connectivity index is 2.02. The standard InChI is InChI=1S/C14H18O2/c15-14(12-7-9-16-10-12)8-3-5-11-4-1-2-6-13(11)14/h1-2,4,6,12,15H,3,5,7-10H2. The van der Waals surface area contributed by atoms with E-state index in [2.05, 4.69) is 18.2 Å². The lowest BCUT2D eigenvalue weighted by Gasteiger charge is -2.38. The van der Waals surface area contributed by atoms with Gasteiger partial charge in [0.2, 0.25) is 0 Å². The van der Waals surface area contributed by atoms with Gasteiger partial charge in [0.1, 0.15) is 0 Å². The molecular formula is C14H18O2. The van der Waals surface area contributed by atoms with Gasteiger partial charge in [0, 0.05) is 12.5 Å². The Kier molecular flexibility index (Phi) is 2.49. The first-order valence-corrected chi connectivity index (χ1v) is 6.19. The molecule has 1 aliphatic heterocycles. The normalized spacial score (nSPS) is 33.7. The number of rotatable bonds is 1. The number of aliphatic hydroxyl groups is 1. The number of fused-ring (bicyclic) bond motifs is 1. The molecule has 86 valence electrons. The van der Waals surface area contributed by atoms with E-state index in [1.54, 1.807) is 0 Å². The van der Waals surface area contributed by atoms with Crippen molar-refractivity contribution in [1.82, 2.24) is 0 Å². The summed E-state index contributed by atoms with van der Waals surface area (Å²) in [6.45, 7) is 1.51. The second kappa shape index (κ2) is 3.86. The lowest BCUT2D eigenvalue weighted by molar-refractivity contribution is -0.0416. The van der Waals surface area contributed by atoms with E-state index in [-0.39, 0.29) is 5.92 Å². The lowest BCUT2D eigenvalue weighted by atomic mass is 9.71. The highest BCUT2D eigenvalue weighted by molar-refractivity contribution is 5.35. The molecule has 1 N–H and O–H groups in total. The Labute approximate surface area is 96.2 Å². The van der Waals surface area contributed by atoms with Crippen LogP contribution in [0.2, 0.25) is 0 Å². The topological polar surface area (TPSA) is 29.5 Å². The van der Waals surface area contributed by atoms with Crippen LogP contribution in [0.3, 0.4) is 0 Å². The van der Waals surface area contributed by atoms with Gasteiger partial charge in [-0.2, -0.15) is 0 Å². The summed E-state index contributed by atoms with van der Waals surface area (Å²) < 4.78 is 5.43. The van der Waals surface area contributed by atoms with Crippen molar-refractivity contribution >= 4 is 0 Å². The second-order valence-electron chi connectivity index (χ2n) is 5.00. The Hall–Kier alpha value is -0.860. The average molecular weight is 218 g/mol. The third kappa shape index (κ3) is 1.48. The van der Waals surface area contributed by atoms with Crippen molar-refractivity contribution in [2.75, 3.05) is 13.2 Å². The average Bonchev–Trinajstić information content (AvgIpc) is 2.84. The largest absolute Gasteiger partial charge is 0.385 e. The van der Waals surface area contributed by atoms with E-state index < -0.39 is 5.60 Å². The molecule has 0 bridgehead atoms. The maximum Gasteiger partial charge on any atom is 0.0950 e. The highest BCUT2D eigenvalue weighted by atomic mass is 16.5. The number of aryl methyl sites for hydroxylation is 1. The fraction of sp³-hybridized carbons (Fsp3) is 0.571. The summed E-state index contributed by atoms with van der Waals surface area (Å²) in [6, 6.07) is 8.34. The van der Waals surface area contributed by atoms with Gasteiger partial charge in [-0.3, -0.25) is 0 Å². The first-order valence-electron chi connectivity index (χ1n) is 6.19. The summed E-state index contributed by atoms with van der Waals surface area (Å²) >= 11 is 0. The summed E-state index contributed by atoms with van der Waals surface area (Å²) in [4.78, 5) is 0. The van der Waals surface area contributed by atoms with E-state index in [0.29, 0.717) is 6.61 Å². The minimum atomic E-state index is -0.634. The van der Waals surface area contributed by atoms with E-state index >= 15 is 0 Å². The van der Waals surface area contributed by atoms with Crippen LogP contribution in [0.4, 0.5) is 0 Å². The summed E-state index contributed by atoms with van der Waals surface area (Å²) in [5.74, 6) is 0.286. The van der Waals surface area contributed by atoms with Crippen molar-refractivity contribution in [3.05, 3.63) is 35.4 Å². The molecule has 2 atom stereocenters. The summed E-state index contributed by atoms with van der Waals surface area (Å²) in [7, 11) is 0. The van der Waals surface area contributed by atoms with Gasteiger partial charge in [0.15, 0.2) is 0 Å². The molecule has 0 saturated carbocycles. The fourth-order valence-corrected chi connectivity index (χ4v) is 3.18. The number of hydrogen-bond donors (Lipinski definition) is 1. The Morgan fingerprint density at radius 3 is 3.00 bits per heavy atom. The molecule has 0 aromatic heterocycles. The summed E-state index contributed by atoms with van der Waals surface area (Å²) in [5, 5.41) is 10.9. The zero-order valence-corrected chi connectivity index (χ0v) is 9.48. The van der Waals surface area contributed by atoms with Gasteiger partial charge in [-0.1, -0.05) is 24.3 Å². The lowest BCUT2D eigenvalue weighted by Crippen LogP contribution is -2.38. The molecule has 3 rings (SSSR count). The van der Waals surface area contributed by atoms with Crippen LogP contribution in [0, 0.1) is 5.92 Å². The van der Waals surface area contributed by atoms with Gasteiger partial charge < -0.3 is 9.84 Å². The van der Waals surface area contributed by atoms with Crippen molar-refractivity contribution in [2.45, 2.75) is 31.3 Å². The highest BCUT2D eigenvalue weighted by Gasteiger charge is 2.42. The van der Waals surface area contributed by atoms with Crippen LogP contribution < -0.4 is 0 Å². The minimum absolute atomic E-state index is 0.286. The molecule has 2 aliphatic rings. The molecule has 0 radical (unpaired) electrons. The second-order valence-corrected chi connectivity index (χ2v) is 5.00. The number of hydrogen-bond acceptors (Lipinski definition) is 2. The van der Waals surface area contributed by atoms with Gasteiger partial charge in [-0.25, -0.2) is 0 Å². The van der Waals surface area contributed by atoms with Gasteiger partial charge in [0.05, 0.1) is 12.2 Å². The molecule has 1 aliphatic carbocycles. The Morgan fingerprint density at radius 2 is 2.19 bits per heavy atom. The zero-order valence-electron chi connectivity index (χ0n) is 9.48. The molecule has 1 aromatic carbocycles. The Morgan fingerprint density at radius 1 is 1.31 bits per heavy atom. The van der Waals surface area contributed by atoms with E-state index in [1.807, 2.05) is 6.07 Å². The SMILES string of the molecule is OC1(C2CCOC2)CCCc2ccccc21. The summed E-state index contributed by atoms with van der Waals surface area (Å²) in [6.07, 6.45) is 4.07. The van der Waals surface area contributed by atoms with Gasteiger partial charge in [0.25, 0.3) is 0 Å². The van der Waals surface area contributed by atoms with Gasteiger partial charge in [-0.15, -0.1) is 0 Å². The third-order valence-corrected chi connectivity index (χ3v) is 4.09. The highest BCUT2D eigenvalue weighted by Crippen LogP contribution is 2.43. The minimum Gasteiger partial charge on any atom is -0.385 e. The smallest absolute Gasteiger partial charge is 0.0950 e. The van der Waals surface area contributed by atoms with Crippen LogP contribution in [0.25, 0.3) is 0 Å². The maximum absolute atomic E-state index is 10.9. The molecule has 0 amide bonds. The van der Waals surface area contributed by atoms with Crippen LogP contribution in [-0.4, -0.2) is 18.3 Å². The number of ether oxygens (including phenoxy) is 1. The van der Waals surface area contributed by atoms with Crippen molar-refractivity contribution in [3.8, 4) is 0 Å². The van der Waals surface area contributed by atoms with E-state index in [1.165, 1.54) is 5.56 Å². The van der Waals surface area contributed by atoms with Crippen LogP contribution in [-0.2, 0) is 16.8 Å². The van der Waals surface area contributed by atoms with Crippen molar-refractivity contribution < 1.29 is 9.84 Å². The van der Waals surface area contributed by atoms with Crippen molar-refractivity contribution in [3.63, 3.8) is 0 Å². The molecular weight excluding hydrogens is 200 g/mol. The van der Waals surface area contributed by atoms with E-state index in [9.17, 15) is 5.11 Å². The molecule has 1 aromatic rings. The van der Waals surface area contributed by atoms with Crippen molar-refractivity contribution in [2.24, 2.45) is 5.92 Å². The molecule has 1 saturated heterocycles. The van der Waals surface area contributed by atoms with Crippen LogP contribution >= 0.6 is 0 Å².